The predicted molar refractivity (Wildman–Crippen MR) is 65.4 cm³/mol. The summed E-state index contributed by atoms with van der Waals surface area (Å²) in [5, 5.41) is 13.0. The molecule has 1 unspecified atom stereocenters. The van der Waals surface area contributed by atoms with Crippen molar-refractivity contribution in [1.82, 2.24) is 14.5 Å². The first kappa shape index (κ1) is 12.9. The Morgan fingerprint density at radius 3 is 2.94 bits per heavy atom. The number of carbonyl (C=O) groups excluding carboxylic acids is 1. The average molecular weight is 269 g/mol. The highest BCUT2D eigenvalue weighted by atomic mass is 32.1. The maximum atomic E-state index is 12.1. The normalized spacial score (nSPS) is 23.3. The molecule has 18 heavy (non-hydrogen) atoms. The van der Waals surface area contributed by atoms with Gasteiger partial charge in [-0.25, -0.2) is 0 Å². The fraction of sp³-hybridized carbons (Fsp3) is 0.636. The summed E-state index contributed by atoms with van der Waals surface area (Å²) < 4.78 is 3.65. The standard InChI is InChI=1S/C11H15N3O3S/c1-2-3-11(10(16)17)4-5-14(7-11)9(15)8-6-12-13-18-8/h6H,2-5,7H2,1H3,(H,16,17). The fourth-order valence-electron chi connectivity index (χ4n) is 2.43. The largest absolute Gasteiger partial charge is 0.481 e. The van der Waals surface area contributed by atoms with Crippen molar-refractivity contribution in [2.24, 2.45) is 5.41 Å². The molecule has 1 aromatic rings. The molecule has 0 bridgehead atoms. The Morgan fingerprint density at radius 1 is 1.61 bits per heavy atom. The number of likely N-dealkylation sites (tertiary alicyclic amines) is 1. The van der Waals surface area contributed by atoms with Crippen molar-refractivity contribution in [3.05, 3.63) is 11.1 Å². The molecule has 0 saturated carbocycles. The summed E-state index contributed by atoms with van der Waals surface area (Å²) >= 11 is 1.04. The van der Waals surface area contributed by atoms with E-state index >= 15 is 0 Å². The van der Waals surface area contributed by atoms with Gasteiger partial charge in [-0.2, -0.15) is 0 Å². The maximum Gasteiger partial charge on any atom is 0.311 e. The van der Waals surface area contributed by atoms with Gasteiger partial charge in [-0.05, 0) is 24.4 Å². The Labute approximate surface area is 109 Å². The second-order valence-electron chi connectivity index (χ2n) is 4.59. The van der Waals surface area contributed by atoms with Crippen LogP contribution in [0, 0.1) is 5.41 Å². The van der Waals surface area contributed by atoms with Gasteiger partial charge in [0.15, 0.2) is 0 Å². The van der Waals surface area contributed by atoms with Crippen LogP contribution in [0.4, 0.5) is 0 Å². The summed E-state index contributed by atoms with van der Waals surface area (Å²) in [6, 6.07) is 0. The molecule has 7 heteroatoms. The van der Waals surface area contributed by atoms with E-state index in [0.29, 0.717) is 24.3 Å². The van der Waals surface area contributed by atoms with Gasteiger partial charge in [-0.3, -0.25) is 9.59 Å². The first-order chi connectivity index (χ1) is 8.59. The molecule has 1 amide bonds. The number of rotatable bonds is 4. The number of nitrogens with zero attached hydrogens (tertiary/aromatic N) is 3. The van der Waals surface area contributed by atoms with Crippen LogP contribution in [0.2, 0.25) is 0 Å². The summed E-state index contributed by atoms with van der Waals surface area (Å²) in [7, 11) is 0. The van der Waals surface area contributed by atoms with Gasteiger partial charge in [-0.15, -0.1) is 5.10 Å². The zero-order valence-corrected chi connectivity index (χ0v) is 10.9. The molecule has 0 spiro atoms. The molecule has 2 heterocycles. The third-order valence-electron chi connectivity index (χ3n) is 3.40. The molecule has 0 aromatic carbocycles. The molecule has 1 N–H and O–H groups in total. The summed E-state index contributed by atoms with van der Waals surface area (Å²) in [6.07, 6.45) is 3.35. The molecular formula is C11H15N3O3S. The second kappa shape index (κ2) is 5.01. The topological polar surface area (TPSA) is 83.4 Å². The number of carboxylic acids is 1. The monoisotopic (exact) mass is 269 g/mol. The van der Waals surface area contributed by atoms with E-state index in [1.54, 1.807) is 4.90 Å². The number of aliphatic carboxylic acids is 1. The first-order valence-corrected chi connectivity index (χ1v) is 6.66. The van der Waals surface area contributed by atoms with Crippen molar-refractivity contribution in [3.63, 3.8) is 0 Å². The van der Waals surface area contributed by atoms with Crippen LogP contribution in [0.1, 0.15) is 35.9 Å². The van der Waals surface area contributed by atoms with E-state index in [1.165, 1.54) is 6.20 Å². The highest BCUT2D eigenvalue weighted by Gasteiger charge is 2.45. The Bertz CT molecular complexity index is 448. The highest BCUT2D eigenvalue weighted by Crippen LogP contribution is 2.36. The van der Waals surface area contributed by atoms with Gasteiger partial charge in [0.05, 0.1) is 11.6 Å². The second-order valence-corrected chi connectivity index (χ2v) is 5.38. The SMILES string of the molecule is CCCC1(C(=O)O)CCN(C(=O)c2cnns2)C1. The number of hydrogen-bond donors (Lipinski definition) is 1. The van der Waals surface area contributed by atoms with Gasteiger partial charge in [0, 0.05) is 13.1 Å². The van der Waals surface area contributed by atoms with Crippen LogP contribution in [-0.2, 0) is 4.79 Å². The van der Waals surface area contributed by atoms with Crippen molar-refractivity contribution in [2.75, 3.05) is 13.1 Å². The van der Waals surface area contributed by atoms with Gasteiger partial charge in [0.2, 0.25) is 0 Å². The number of carboxylic acid groups (broad SMARTS) is 1. The smallest absolute Gasteiger partial charge is 0.311 e. The van der Waals surface area contributed by atoms with Crippen LogP contribution in [0.5, 0.6) is 0 Å². The lowest BCUT2D eigenvalue weighted by Gasteiger charge is -2.23. The van der Waals surface area contributed by atoms with Crippen LogP contribution in [0.25, 0.3) is 0 Å². The Hall–Kier alpha value is -1.50. The Morgan fingerprint density at radius 2 is 2.39 bits per heavy atom. The number of aromatic nitrogens is 2. The van der Waals surface area contributed by atoms with Crippen LogP contribution >= 0.6 is 11.5 Å². The van der Waals surface area contributed by atoms with E-state index in [9.17, 15) is 14.7 Å². The third kappa shape index (κ3) is 2.22. The van der Waals surface area contributed by atoms with Gasteiger partial charge in [0.25, 0.3) is 5.91 Å². The van der Waals surface area contributed by atoms with E-state index in [1.807, 2.05) is 6.92 Å². The Balaban J connectivity index is 2.11. The van der Waals surface area contributed by atoms with E-state index < -0.39 is 11.4 Å². The van der Waals surface area contributed by atoms with E-state index in [-0.39, 0.29) is 12.5 Å². The highest BCUT2D eigenvalue weighted by molar-refractivity contribution is 7.07. The first-order valence-electron chi connectivity index (χ1n) is 5.89. The van der Waals surface area contributed by atoms with Crippen molar-refractivity contribution in [3.8, 4) is 0 Å². The average Bonchev–Trinajstić information content (AvgIpc) is 2.98. The van der Waals surface area contributed by atoms with Crippen molar-refractivity contribution < 1.29 is 14.7 Å². The Kier molecular flexibility index (Phi) is 3.60. The molecule has 1 fully saturated rings. The van der Waals surface area contributed by atoms with Crippen LogP contribution < -0.4 is 0 Å². The minimum Gasteiger partial charge on any atom is -0.481 e. The number of amides is 1. The van der Waals surface area contributed by atoms with Gasteiger partial charge in [0.1, 0.15) is 4.88 Å². The summed E-state index contributed by atoms with van der Waals surface area (Å²) in [4.78, 5) is 25.6. The van der Waals surface area contributed by atoms with Crippen molar-refractivity contribution in [2.45, 2.75) is 26.2 Å². The molecule has 1 aliphatic heterocycles. The zero-order valence-electron chi connectivity index (χ0n) is 10.1. The van der Waals surface area contributed by atoms with E-state index in [0.717, 1.165) is 18.0 Å². The quantitative estimate of drug-likeness (QED) is 0.889. The van der Waals surface area contributed by atoms with Crippen LogP contribution in [0.3, 0.4) is 0 Å². The number of carbonyl (C=O) groups is 2. The predicted octanol–water partition coefficient (Wildman–Crippen LogP) is 1.26. The van der Waals surface area contributed by atoms with Gasteiger partial charge >= 0.3 is 5.97 Å². The molecule has 1 atom stereocenters. The van der Waals surface area contributed by atoms with Gasteiger partial charge in [-0.1, -0.05) is 17.8 Å². The fourth-order valence-corrected chi connectivity index (χ4v) is 2.91. The summed E-state index contributed by atoms with van der Waals surface area (Å²) in [5.41, 5.74) is -0.775. The molecule has 1 aliphatic rings. The van der Waals surface area contributed by atoms with E-state index in [4.69, 9.17) is 0 Å². The molecule has 2 rings (SSSR count). The lowest BCUT2D eigenvalue weighted by Crippen LogP contribution is -2.36. The third-order valence-corrected chi connectivity index (χ3v) is 4.05. The van der Waals surface area contributed by atoms with Crippen molar-refractivity contribution in [1.29, 1.82) is 0 Å². The minimum absolute atomic E-state index is 0.163. The van der Waals surface area contributed by atoms with Gasteiger partial charge < -0.3 is 10.0 Å². The summed E-state index contributed by atoms with van der Waals surface area (Å²) in [5.74, 6) is -0.966. The lowest BCUT2D eigenvalue weighted by molar-refractivity contribution is -0.148. The maximum absolute atomic E-state index is 12.1. The molecule has 1 saturated heterocycles. The zero-order chi connectivity index (χ0) is 13.2. The summed E-state index contributed by atoms with van der Waals surface area (Å²) in [6.45, 7) is 2.73. The molecule has 98 valence electrons. The molecule has 0 aliphatic carbocycles. The lowest BCUT2D eigenvalue weighted by atomic mass is 9.83. The van der Waals surface area contributed by atoms with Crippen molar-refractivity contribution >= 4 is 23.4 Å². The molecular weight excluding hydrogens is 254 g/mol. The van der Waals surface area contributed by atoms with Crippen LogP contribution in [0.15, 0.2) is 6.20 Å². The van der Waals surface area contributed by atoms with Crippen LogP contribution in [-0.4, -0.2) is 44.6 Å². The van der Waals surface area contributed by atoms with E-state index in [2.05, 4.69) is 9.59 Å². The molecule has 6 nitrogen and oxygen atoms in total. The molecule has 1 aromatic heterocycles. The molecule has 0 radical (unpaired) electrons. The minimum atomic E-state index is -0.804. The number of hydrogen-bond acceptors (Lipinski definition) is 5.